The first-order valence-corrected chi connectivity index (χ1v) is 6.40. The van der Waals surface area contributed by atoms with E-state index in [9.17, 15) is 0 Å². The fourth-order valence-corrected chi connectivity index (χ4v) is 2.77. The van der Waals surface area contributed by atoms with Crippen molar-refractivity contribution >= 4 is 11.3 Å². The maximum atomic E-state index is 6.22. The number of thiophene rings is 1. The topological polar surface area (TPSA) is 26.0 Å². The average Bonchev–Trinajstić information content (AvgIpc) is 2.68. The van der Waals surface area contributed by atoms with Gasteiger partial charge in [0.2, 0.25) is 0 Å². The molecule has 0 amide bonds. The molecule has 0 saturated heterocycles. The highest BCUT2D eigenvalue weighted by molar-refractivity contribution is 7.10. The highest BCUT2D eigenvalue weighted by Gasteiger charge is 2.10. The standard InChI is InChI=1S/C14H17NS/c1-10-3-5-12(6-4-10)9-13(15)14-11(2)7-8-16-14/h3-8,13H,9,15H2,1-2H3. The first-order valence-electron chi connectivity index (χ1n) is 5.52. The van der Waals surface area contributed by atoms with E-state index in [-0.39, 0.29) is 6.04 Å². The SMILES string of the molecule is Cc1ccc(CC(N)c2sccc2C)cc1. The van der Waals surface area contributed by atoms with Crippen molar-refractivity contribution in [1.29, 1.82) is 0 Å². The maximum absolute atomic E-state index is 6.22. The van der Waals surface area contributed by atoms with E-state index >= 15 is 0 Å². The van der Waals surface area contributed by atoms with Gasteiger partial charge in [-0.2, -0.15) is 0 Å². The van der Waals surface area contributed by atoms with Crippen molar-refractivity contribution in [3.8, 4) is 0 Å². The van der Waals surface area contributed by atoms with Crippen LogP contribution in [-0.2, 0) is 6.42 Å². The van der Waals surface area contributed by atoms with E-state index in [1.54, 1.807) is 11.3 Å². The predicted molar refractivity (Wildman–Crippen MR) is 70.9 cm³/mol. The monoisotopic (exact) mass is 231 g/mol. The Balaban J connectivity index is 2.10. The second-order valence-electron chi connectivity index (χ2n) is 4.26. The summed E-state index contributed by atoms with van der Waals surface area (Å²) in [5.41, 5.74) is 10.1. The van der Waals surface area contributed by atoms with Crippen LogP contribution in [0.15, 0.2) is 35.7 Å². The number of rotatable bonds is 3. The van der Waals surface area contributed by atoms with Gasteiger partial charge in [-0.05, 0) is 42.8 Å². The minimum Gasteiger partial charge on any atom is -0.323 e. The van der Waals surface area contributed by atoms with Crippen LogP contribution in [0.3, 0.4) is 0 Å². The zero-order valence-corrected chi connectivity index (χ0v) is 10.6. The Labute approximate surface area is 101 Å². The molecule has 0 saturated carbocycles. The molecule has 1 aromatic carbocycles. The van der Waals surface area contributed by atoms with E-state index in [1.165, 1.54) is 21.6 Å². The van der Waals surface area contributed by atoms with Crippen LogP contribution < -0.4 is 5.73 Å². The van der Waals surface area contributed by atoms with Gasteiger partial charge in [-0.15, -0.1) is 11.3 Å². The van der Waals surface area contributed by atoms with Gasteiger partial charge < -0.3 is 5.73 Å². The van der Waals surface area contributed by atoms with Crippen molar-refractivity contribution in [2.24, 2.45) is 5.73 Å². The minimum atomic E-state index is 0.128. The van der Waals surface area contributed by atoms with E-state index in [1.807, 2.05) is 0 Å². The first-order chi connectivity index (χ1) is 7.66. The molecule has 2 heteroatoms. The lowest BCUT2D eigenvalue weighted by Gasteiger charge is -2.11. The van der Waals surface area contributed by atoms with Crippen LogP contribution in [0.5, 0.6) is 0 Å². The highest BCUT2D eigenvalue weighted by atomic mass is 32.1. The summed E-state index contributed by atoms with van der Waals surface area (Å²) in [5.74, 6) is 0. The lowest BCUT2D eigenvalue weighted by molar-refractivity contribution is 0.732. The van der Waals surface area contributed by atoms with Gasteiger partial charge in [-0.25, -0.2) is 0 Å². The van der Waals surface area contributed by atoms with Crippen molar-refractivity contribution in [2.45, 2.75) is 26.3 Å². The van der Waals surface area contributed by atoms with Gasteiger partial charge in [-0.1, -0.05) is 29.8 Å². The summed E-state index contributed by atoms with van der Waals surface area (Å²) in [6.07, 6.45) is 0.918. The minimum absolute atomic E-state index is 0.128. The number of benzene rings is 1. The third-order valence-electron chi connectivity index (χ3n) is 2.81. The lowest BCUT2D eigenvalue weighted by Crippen LogP contribution is -2.12. The molecule has 0 aliphatic rings. The van der Waals surface area contributed by atoms with Crippen LogP contribution >= 0.6 is 11.3 Å². The molecule has 2 rings (SSSR count). The Morgan fingerprint density at radius 3 is 2.38 bits per heavy atom. The number of aryl methyl sites for hydroxylation is 2. The van der Waals surface area contributed by atoms with Crippen molar-refractivity contribution < 1.29 is 0 Å². The largest absolute Gasteiger partial charge is 0.323 e. The highest BCUT2D eigenvalue weighted by Crippen LogP contribution is 2.24. The molecule has 1 nitrogen and oxygen atoms in total. The summed E-state index contributed by atoms with van der Waals surface area (Å²) in [6.45, 7) is 4.23. The molecular formula is C14H17NS. The molecule has 2 aromatic rings. The molecule has 0 aliphatic heterocycles. The van der Waals surface area contributed by atoms with Crippen LogP contribution in [0.1, 0.15) is 27.6 Å². The molecule has 2 N–H and O–H groups in total. The van der Waals surface area contributed by atoms with Gasteiger partial charge in [0, 0.05) is 10.9 Å². The molecule has 0 bridgehead atoms. The molecule has 0 radical (unpaired) electrons. The van der Waals surface area contributed by atoms with Gasteiger partial charge in [0.05, 0.1) is 0 Å². The third kappa shape index (κ3) is 2.52. The van der Waals surface area contributed by atoms with E-state index in [2.05, 4.69) is 49.6 Å². The summed E-state index contributed by atoms with van der Waals surface area (Å²) in [5, 5.41) is 2.11. The summed E-state index contributed by atoms with van der Waals surface area (Å²) < 4.78 is 0. The molecule has 16 heavy (non-hydrogen) atoms. The van der Waals surface area contributed by atoms with Gasteiger partial charge in [0.1, 0.15) is 0 Å². The smallest absolute Gasteiger partial charge is 0.0433 e. The quantitative estimate of drug-likeness (QED) is 0.858. The van der Waals surface area contributed by atoms with Crippen molar-refractivity contribution in [3.63, 3.8) is 0 Å². The Hall–Kier alpha value is -1.12. The molecule has 1 atom stereocenters. The fraction of sp³-hybridized carbons (Fsp3) is 0.286. The van der Waals surface area contributed by atoms with Crippen molar-refractivity contribution in [2.75, 3.05) is 0 Å². The molecule has 1 unspecified atom stereocenters. The Bertz CT molecular complexity index is 456. The Morgan fingerprint density at radius 1 is 1.12 bits per heavy atom. The summed E-state index contributed by atoms with van der Waals surface area (Å²) in [4.78, 5) is 1.31. The zero-order chi connectivity index (χ0) is 11.5. The molecule has 84 valence electrons. The van der Waals surface area contributed by atoms with Crippen LogP contribution in [0.4, 0.5) is 0 Å². The Morgan fingerprint density at radius 2 is 1.81 bits per heavy atom. The molecule has 1 heterocycles. The molecule has 0 fully saturated rings. The normalized spacial score (nSPS) is 12.7. The van der Waals surface area contributed by atoms with E-state index < -0.39 is 0 Å². The fourth-order valence-electron chi connectivity index (χ4n) is 1.84. The lowest BCUT2D eigenvalue weighted by atomic mass is 10.0. The van der Waals surface area contributed by atoms with Gasteiger partial charge in [-0.3, -0.25) is 0 Å². The summed E-state index contributed by atoms with van der Waals surface area (Å²) >= 11 is 1.76. The number of hydrogen-bond acceptors (Lipinski definition) is 2. The van der Waals surface area contributed by atoms with Gasteiger partial charge in [0.25, 0.3) is 0 Å². The number of nitrogens with two attached hydrogens (primary N) is 1. The number of hydrogen-bond donors (Lipinski definition) is 1. The van der Waals surface area contributed by atoms with Gasteiger partial charge >= 0.3 is 0 Å². The molecule has 0 aliphatic carbocycles. The predicted octanol–water partition coefficient (Wildman–Crippen LogP) is 3.61. The van der Waals surface area contributed by atoms with E-state index in [4.69, 9.17) is 5.73 Å². The van der Waals surface area contributed by atoms with Crippen molar-refractivity contribution in [1.82, 2.24) is 0 Å². The summed E-state index contributed by atoms with van der Waals surface area (Å²) in [6, 6.07) is 10.9. The second kappa shape index (κ2) is 4.81. The Kier molecular flexibility index (Phi) is 3.42. The van der Waals surface area contributed by atoms with Crippen LogP contribution in [0.25, 0.3) is 0 Å². The second-order valence-corrected chi connectivity index (χ2v) is 5.21. The summed E-state index contributed by atoms with van der Waals surface area (Å²) in [7, 11) is 0. The molecule has 0 spiro atoms. The first kappa shape index (κ1) is 11.4. The zero-order valence-electron chi connectivity index (χ0n) is 9.73. The maximum Gasteiger partial charge on any atom is 0.0433 e. The average molecular weight is 231 g/mol. The van der Waals surface area contributed by atoms with Crippen LogP contribution in [-0.4, -0.2) is 0 Å². The molecule has 1 aromatic heterocycles. The molecular weight excluding hydrogens is 214 g/mol. The third-order valence-corrected chi connectivity index (χ3v) is 3.97. The van der Waals surface area contributed by atoms with Crippen LogP contribution in [0.2, 0.25) is 0 Å². The van der Waals surface area contributed by atoms with E-state index in [0.29, 0.717) is 0 Å². The van der Waals surface area contributed by atoms with Crippen LogP contribution in [0, 0.1) is 13.8 Å². The van der Waals surface area contributed by atoms with E-state index in [0.717, 1.165) is 6.42 Å². The van der Waals surface area contributed by atoms with Gasteiger partial charge in [0.15, 0.2) is 0 Å². The van der Waals surface area contributed by atoms with Crippen molar-refractivity contribution in [3.05, 3.63) is 57.3 Å².